The van der Waals surface area contributed by atoms with Crippen LogP contribution in [0, 0.1) is 0 Å². The van der Waals surface area contributed by atoms with Crippen LogP contribution < -0.4 is 10.1 Å². The lowest BCUT2D eigenvalue weighted by atomic mass is 10.2. The maximum absolute atomic E-state index is 12.3. The van der Waals surface area contributed by atoms with Gasteiger partial charge in [-0.3, -0.25) is 14.5 Å². The van der Waals surface area contributed by atoms with Gasteiger partial charge in [0.1, 0.15) is 12.4 Å². The van der Waals surface area contributed by atoms with Crippen LogP contribution in [0.3, 0.4) is 0 Å². The Morgan fingerprint density at radius 3 is 2.69 bits per heavy atom. The molecule has 1 N–H and O–H groups in total. The van der Waals surface area contributed by atoms with E-state index in [-0.39, 0.29) is 17.9 Å². The molecule has 154 valence electrons. The highest BCUT2D eigenvalue weighted by molar-refractivity contribution is 6.30. The molecule has 0 radical (unpaired) electrons. The van der Waals surface area contributed by atoms with Gasteiger partial charge in [0.15, 0.2) is 0 Å². The summed E-state index contributed by atoms with van der Waals surface area (Å²) >= 11 is 5.98. The van der Waals surface area contributed by atoms with Gasteiger partial charge in [-0.25, -0.2) is 0 Å². The van der Waals surface area contributed by atoms with Gasteiger partial charge >= 0.3 is 0 Å². The number of benzene rings is 2. The van der Waals surface area contributed by atoms with Crippen molar-refractivity contribution < 1.29 is 14.3 Å². The largest absolute Gasteiger partial charge is 0.489 e. The first kappa shape index (κ1) is 21.1. The molecular weight excluding hydrogens is 390 g/mol. The second-order valence-corrected chi connectivity index (χ2v) is 7.74. The Morgan fingerprint density at radius 1 is 1.24 bits per heavy atom. The monoisotopic (exact) mass is 415 g/mol. The highest BCUT2D eigenvalue weighted by atomic mass is 35.5. The van der Waals surface area contributed by atoms with Crippen molar-refractivity contribution in [2.45, 2.75) is 26.0 Å². The third kappa shape index (κ3) is 6.21. The fraction of sp³-hybridized carbons (Fsp3) is 0.364. The van der Waals surface area contributed by atoms with E-state index in [1.54, 1.807) is 11.8 Å². The third-order valence-electron chi connectivity index (χ3n) is 5.09. The van der Waals surface area contributed by atoms with Gasteiger partial charge in [0.05, 0.1) is 6.54 Å². The van der Waals surface area contributed by atoms with Crippen LogP contribution in [-0.4, -0.2) is 54.3 Å². The molecule has 2 amide bonds. The molecule has 0 bridgehead atoms. The zero-order chi connectivity index (χ0) is 20.8. The Balaban J connectivity index is 1.44. The number of likely N-dealkylation sites (tertiary alicyclic amines) is 1. The molecule has 1 fully saturated rings. The molecule has 0 aliphatic carbocycles. The quantitative estimate of drug-likeness (QED) is 0.752. The number of likely N-dealkylation sites (N-methyl/N-ethyl adjacent to an activating group) is 1. The second kappa shape index (κ2) is 9.76. The highest BCUT2D eigenvalue weighted by Crippen LogP contribution is 2.19. The van der Waals surface area contributed by atoms with Crippen molar-refractivity contribution in [1.29, 1.82) is 0 Å². The summed E-state index contributed by atoms with van der Waals surface area (Å²) in [5.74, 6) is 0.709. The van der Waals surface area contributed by atoms with Gasteiger partial charge in [-0.2, -0.15) is 0 Å². The van der Waals surface area contributed by atoms with Crippen molar-refractivity contribution >= 4 is 29.1 Å². The van der Waals surface area contributed by atoms with Crippen molar-refractivity contribution in [2.75, 3.05) is 32.0 Å². The number of rotatable bonds is 7. The highest BCUT2D eigenvalue weighted by Gasteiger charge is 2.27. The first-order valence-electron chi connectivity index (χ1n) is 9.63. The van der Waals surface area contributed by atoms with Crippen molar-refractivity contribution in [3.63, 3.8) is 0 Å². The van der Waals surface area contributed by atoms with Gasteiger partial charge in [-0.15, -0.1) is 0 Å². The van der Waals surface area contributed by atoms with Gasteiger partial charge in [-0.05, 0) is 48.4 Å². The van der Waals surface area contributed by atoms with Crippen LogP contribution in [0.25, 0.3) is 0 Å². The number of carbonyl (C=O) groups is 2. The zero-order valence-corrected chi connectivity index (χ0v) is 17.5. The lowest BCUT2D eigenvalue weighted by Gasteiger charge is -2.23. The molecule has 6 nitrogen and oxygen atoms in total. The zero-order valence-electron chi connectivity index (χ0n) is 16.7. The molecule has 0 spiro atoms. The molecule has 2 aromatic carbocycles. The molecule has 2 aromatic rings. The maximum Gasteiger partial charge on any atom is 0.238 e. The van der Waals surface area contributed by atoms with E-state index in [4.69, 9.17) is 16.3 Å². The average molecular weight is 416 g/mol. The van der Waals surface area contributed by atoms with E-state index in [0.717, 1.165) is 36.5 Å². The van der Waals surface area contributed by atoms with Crippen LogP contribution in [0.15, 0.2) is 48.5 Å². The normalized spacial score (nSPS) is 16.4. The van der Waals surface area contributed by atoms with E-state index in [9.17, 15) is 9.59 Å². The molecule has 1 saturated heterocycles. The van der Waals surface area contributed by atoms with Crippen LogP contribution in [0.4, 0.5) is 5.69 Å². The van der Waals surface area contributed by atoms with Gasteiger partial charge in [0.2, 0.25) is 11.8 Å². The number of halogens is 1. The summed E-state index contributed by atoms with van der Waals surface area (Å²) in [6.07, 6.45) is 0.891. The van der Waals surface area contributed by atoms with Crippen LogP contribution in [0.5, 0.6) is 5.75 Å². The topological polar surface area (TPSA) is 61.9 Å². The Morgan fingerprint density at radius 2 is 2.00 bits per heavy atom. The number of hydrogen-bond donors (Lipinski definition) is 1. The molecule has 0 unspecified atom stereocenters. The molecule has 3 rings (SSSR count). The number of anilines is 1. The summed E-state index contributed by atoms with van der Waals surface area (Å²) in [5.41, 5.74) is 1.72. The van der Waals surface area contributed by atoms with Crippen LogP contribution >= 0.6 is 11.6 Å². The summed E-state index contributed by atoms with van der Waals surface area (Å²) in [6.45, 7) is 3.84. The van der Waals surface area contributed by atoms with Crippen LogP contribution in [0.2, 0.25) is 5.02 Å². The van der Waals surface area contributed by atoms with Gasteiger partial charge < -0.3 is 15.0 Å². The van der Waals surface area contributed by atoms with Crippen molar-refractivity contribution in [3.8, 4) is 5.75 Å². The predicted octanol–water partition coefficient (Wildman–Crippen LogP) is 3.41. The molecule has 1 heterocycles. The van der Waals surface area contributed by atoms with Crippen molar-refractivity contribution in [3.05, 3.63) is 59.1 Å². The molecule has 1 atom stereocenters. The van der Waals surface area contributed by atoms with Gasteiger partial charge in [0, 0.05) is 43.8 Å². The number of ether oxygens (including phenoxy) is 1. The molecule has 1 aliphatic heterocycles. The molecular formula is C22H26ClN3O3. The SMILES string of the molecule is CC(=O)N(C)[C@H]1CCN(CC(=O)Nc2ccc(OCc3cccc(Cl)c3)cc2)C1. The van der Waals surface area contributed by atoms with Gasteiger partial charge in [-0.1, -0.05) is 23.7 Å². The molecule has 29 heavy (non-hydrogen) atoms. The lowest BCUT2D eigenvalue weighted by molar-refractivity contribution is -0.129. The van der Waals surface area contributed by atoms with E-state index >= 15 is 0 Å². The molecule has 0 saturated carbocycles. The summed E-state index contributed by atoms with van der Waals surface area (Å²) in [5, 5.41) is 3.59. The minimum Gasteiger partial charge on any atom is -0.489 e. The third-order valence-corrected chi connectivity index (χ3v) is 5.33. The van der Waals surface area contributed by atoms with E-state index in [1.807, 2.05) is 55.6 Å². The Hall–Kier alpha value is -2.57. The predicted molar refractivity (Wildman–Crippen MR) is 114 cm³/mol. The number of nitrogens with one attached hydrogen (secondary N) is 1. The van der Waals surface area contributed by atoms with E-state index in [1.165, 1.54) is 0 Å². The summed E-state index contributed by atoms with van der Waals surface area (Å²) < 4.78 is 5.76. The van der Waals surface area contributed by atoms with Crippen LogP contribution in [-0.2, 0) is 16.2 Å². The van der Waals surface area contributed by atoms with Gasteiger partial charge in [0.25, 0.3) is 0 Å². The molecule has 1 aliphatic rings. The van der Waals surface area contributed by atoms with Crippen LogP contribution in [0.1, 0.15) is 18.9 Å². The number of hydrogen-bond acceptors (Lipinski definition) is 4. The number of carbonyl (C=O) groups excluding carboxylic acids is 2. The number of nitrogens with zero attached hydrogens (tertiary/aromatic N) is 2. The fourth-order valence-electron chi connectivity index (χ4n) is 3.36. The molecule has 7 heteroatoms. The lowest BCUT2D eigenvalue weighted by Crippen LogP contribution is -2.39. The smallest absolute Gasteiger partial charge is 0.238 e. The second-order valence-electron chi connectivity index (χ2n) is 7.30. The Bertz CT molecular complexity index is 857. The van der Waals surface area contributed by atoms with Crippen molar-refractivity contribution in [2.24, 2.45) is 0 Å². The minimum absolute atomic E-state index is 0.0546. The maximum atomic E-state index is 12.3. The standard InChI is InChI=1S/C22H26ClN3O3/c1-16(27)25(2)20-10-11-26(13-20)14-22(28)24-19-6-8-21(9-7-19)29-15-17-4-3-5-18(23)12-17/h3-9,12,20H,10-11,13-15H2,1-2H3,(H,24,28)/t20-/m0/s1. The van der Waals surface area contributed by atoms with E-state index in [0.29, 0.717) is 18.2 Å². The molecule has 0 aromatic heterocycles. The summed E-state index contributed by atoms with van der Waals surface area (Å²) in [7, 11) is 1.81. The Labute approximate surface area is 176 Å². The van der Waals surface area contributed by atoms with Crippen molar-refractivity contribution in [1.82, 2.24) is 9.80 Å². The number of amides is 2. The van der Waals surface area contributed by atoms with E-state index < -0.39 is 0 Å². The minimum atomic E-state index is -0.0660. The summed E-state index contributed by atoms with van der Waals surface area (Å²) in [6, 6.07) is 15.0. The summed E-state index contributed by atoms with van der Waals surface area (Å²) in [4.78, 5) is 27.6. The Kier molecular flexibility index (Phi) is 7.12. The first-order valence-corrected chi connectivity index (χ1v) is 10.0. The van der Waals surface area contributed by atoms with E-state index in [2.05, 4.69) is 10.2 Å². The fourth-order valence-corrected chi connectivity index (χ4v) is 3.57. The first-order chi connectivity index (χ1) is 13.9. The average Bonchev–Trinajstić information content (AvgIpc) is 3.15.